The van der Waals surface area contributed by atoms with Crippen molar-refractivity contribution < 1.29 is 5.11 Å². The zero-order valence-corrected chi connectivity index (χ0v) is 7.11. The standard InChI is InChI=1S/C9H14N2O/c12-9-6-11(7-10-9)8-4-2-1-3-5-8/h6-8,12H,1-5H2. The van der Waals surface area contributed by atoms with Gasteiger partial charge in [-0.25, -0.2) is 4.98 Å². The van der Waals surface area contributed by atoms with Gasteiger partial charge in [-0.3, -0.25) is 0 Å². The van der Waals surface area contributed by atoms with Gasteiger partial charge in [0.15, 0.2) is 0 Å². The number of aromatic hydroxyl groups is 1. The van der Waals surface area contributed by atoms with E-state index in [1.165, 1.54) is 32.1 Å². The molecule has 2 rings (SSSR count). The first-order valence-corrected chi connectivity index (χ1v) is 4.59. The molecule has 1 aromatic heterocycles. The molecule has 1 heterocycles. The first-order valence-electron chi connectivity index (χ1n) is 4.59. The van der Waals surface area contributed by atoms with Gasteiger partial charge in [0.05, 0.1) is 12.5 Å². The minimum Gasteiger partial charge on any atom is -0.492 e. The third-order valence-electron chi connectivity index (χ3n) is 2.58. The highest BCUT2D eigenvalue weighted by atomic mass is 16.3. The summed E-state index contributed by atoms with van der Waals surface area (Å²) in [5.74, 6) is 0.139. The molecule has 66 valence electrons. The largest absolute Gasteiger partial charge is 0.492 e. The predicted molar refractivity (Wildman–Crippen MR) is 46.0 cm³/mol. The molecule has 0 unspecified atom stereocenters. The highest BCUT2D eigenvalue weighted by Gasteiger charge is 2.14. The third kappa shape index (κ3) is 1.44. The molecular weight excluding hydrogens is 152 g/mol. The van der Waals surface area contributed by atoms with Gasteiger partial charge in [-0.15, -0.1) is 0 Å². The second-order valence-corrected chi connectivity index (χ2v) is 3.47. The minimum atomic E-state index is 0.139. The molecule has 0 aromatic carbocycles. The van der Waals surface area contributed by atoms with Crippen LogP contribution in [0, 0.1) is 0 Å². The summed E-state index contributed by atoms with van der Waals surface area (Å²) in [5, 5.41) is 9.05. The normalized spacial score (nSPS) is 19.7. The summed E-state index contributed by atoms with van der Waals surface area (Å²) in [6.07, 6.45) is 9.89. The molecule has 0 amide bonds. The molecule has 0 atom stereocenters. The van der Waals surface area contributed by atoms with Crippen molar-refractivity contribution in [2.75, 3.05) is 0 Å². The second-order valence-electron chi connectivity index (χ2n) is 3.47. The van der Waals surface area contributed by atoms with Crippen LogP contribution in [0.1, 0.15) is 38.1 Å². The van der Waals surface area contributed by atoms with Crippen LogP contribution in [0.4, 0.5) is 0 Å². The van der Waals surface area contributed by atoms with Crippen LogP contribution in [0.25, 0.3) is 0 Å². The molecule has 1 aliphatic rings. The van der Waals surface area contributed by atoms with Crippen molar-refractivity contribution in [1.82, 2.24) is 9.55 Å². The number of imidazole rings is 1. The van der Waals surface area contributed by atoms with Gasteiger partial charge in [-0.1, -0.05) is 19.3 Å². The van der Waals surface area contributed by atoms with Gasteiger partial charge in [-0.05, 0) is 12.8 Å². The Morgan fingerprint density at radius 3 is 2.67 bits per heavy atom. The Morgan fingerprint density at radius 2 is 2.08 bits per heavy atom. The molecule has 1 fully saturated rings. The molecule has 1 N–H and O–H groups in total. The Morgan fingerprint density at radius 1 is 1.33 bits per heavy atom. The Balaban J connectivity index is 2.08. The van der Waals surface area contributed by atoms with E-state index < -0.39 is 0 Å². The van der Waals surface area contributed by atoms with E-state index in [0.717, 1.165) is 0 Å². The van der Waals surface area contributed by atoms with Gasteiger partial charge >= 0.3 is 0 Å². The molecule has 1 aromatic rings. The lowest BCUT2D eigenvalue weighted by atomic mass is 9.95. The Kier molecular flexibility index (Phi) is 2.02. The van der Waals surface area contributed by atoms with Crippen LogP contribution >= 0.6 is 0 Å². The topological polar surface area (TPSA) is 38.0 Å². The van der Waals surface area contributed by atoms with Crippen molar-refractivity contribution in [3.05, 3.63) is 12.5 Å². The van der Waals surface area contributed by atoms with E-state index >= 15 is 0 Å². The van der Waals surface area contributed by atoms with E-state index in [0.29, 0.717) is 6.04 Å². The number of rotatable bonds is 1. The van der Waals surface area contributed by atoms with Gasteiger partial charge in [0.2, 0.25) is 5.88 Å². The fraction of sp³-hybridized carbons (Fsp3) is 0.667. The molecule has 12 heavy (non-hydrogen) atoms. The zero-order valence-electron chi connectivity index (χ0n) is 7.11. The van der Waals surface area contributed by atoms with Crippen LogP contribution in [0.2, 0.25) is 0 Å². The maximum Gasteiger partial charge on any atom is 0.229 e. The number of aromatic nitrogens is 2. The summed E-state index contributed by atoms with van der Waals surface area (Å²) in [5.41, 5.74) is 0. The van der Waals surface area contributed by atoms with E-state index in [-0.39, 0.29) is 5.88 Å². The van der Waals surface area contributed by atoms with E-state index in [2.05, 4.69) is 4.98 Å². The maximum absolute atomic E-state index is 9.05. The first kappa shape index (κ1) is 7.65. The van der Waals surface area contributed by atoms with Gasteiger partial charge < -0.3 is 9.67 Å². The van der Waals surface area contributed by atoms with Crippen LogP contribution in [-0.2, 0) is 0 Å². The van der Waals surface area contributed by atoms with Crippen molar-refractivity contribution in [2.24, 2.45) is 0 Å². The Hall–Kier alpha value is -0.990. The molecule has 0 radical (unpaired) electrons. The van der Waals surface area contributed by atoms with Crippen LogP contribution in [-0.4, -0.2) is 14.7 Å². The second kappa shape index (κ2) is 3.17. The molecule has 3 heteroatoms. The summed E-state index contributed by atoms with van der Waals surface area (Å²) in [7, 11) is 0. The minimum absolute atomic E-state index is 0.139. The maximum atomic E-state index is 9.05. The van der Waals surface area contributed by atoms with Gasteiger partial charge in [-0.2, -0.15) is 0 Å². The smallest absolute Gasteiger partial charge is 0.229 e. The Labute approximate surface area is 72.0 Å². The lowest BCUT2D eigenvalue weighted by molar-refractivity contribution is 0.351. The monoisotopic (exact) mass is 166 g/mol. The molecule has 1 saturated carbocycles. The van der Waals surface area contributed by atoms with Crippen molar-refractivity contribution in [2.45, 2.75) is 38.1 Å². The summed E-state index contributed by atoms with van der Waals surface area (Å²) in [6.45, 7) is 0. The van der Waals surface area contributed by atoms with Gasteiger partial charge in [0, 0.05) is 6.04 Å². The first-order chi connectivity index (χ1) is 5.86. The summed E-state index contributed by atoms with van der Waals surface area (Å²) in [4.78, 5) is 3.81. The lowest BCUT2D eigenvalue weighted by Gasteiger charge is -2.22. The fourth-order valence-corrected chi connectivity index (χ4v) is 1.90. The van der Waals surface area contributed by atoms with Gasteiger partial charge in [0.25, 0.3) is 0 Å². The van der Waals surface area contributed by atoms with Crippen molar-refractivity contribution in [3.8, 4) is 5.88 Å². The third-order valence-corrected chi connectivity index (χ3v) is 2.58. The molecule has 0 bridgehead atoms. The summed E-state index contributed by atoms with van der Waals surface area (Å²) in [6, 6.07) is 0.576. The molecule has 0 saturated heterocycles. The van der Waals surface area contributed by atoms with E-state index in [1.54, 1.807) is 12.5 Å². The van der Waals surface area contributed by atoms with Crippen molar-refractivity contribution >= 4 is 0 Å². The molecule has 1 aliphatic carbocycles. The number of hydrogen-bond donors (Lipinski definition) is 1. The molecule has 3 nitrogen and oxygen atoms in total. The van der Waals surface area contributed by atoms with Crippen LogP contribution in [0.15, 0.2) is 12.5 Å². The average molecular weight is 166 g/mol. The lowest BCUT2D eigenvalue weighted by Crippen LogP contribution is -2.10. The van der Waals surface area contributed by atoms with E-state index in [4.69, 9.17) is 5.11 Å². The quantitative estimate of drug-likeness (QED) is 0.693. The predicted octanol–water partition coefficient (Wildman–Crippen LogP) is 2.09. The van der Waals surface area contributed by atoms with Crippen molar-refractivity contribution in [1.29, 1.82) is 0 Å². The van der Waals surface area contributed by atoms with Crippen LogP contribution < -0.4 is 0 Å². The van der Waals surface area contributed by atoms with Crippen LogP contribution in [0.3, 0.4) is 0 Å². The number of nitrogens with zero attached hydrogens (tertiary/aromatic N) is 2. The SMILES string of the molecule is Oc1cn(C2CCCCC2)cn1. The van der Waals surface area contributed by atoms with Crippen molar-refractivity contribution in [3.63, 3.8) is 0 Å². The van der Waals surface area contributed by atoms with Gasteiger partial charge in [0.1, 0.15) is 0 Å². The van der Waals surface area contributed by atoms with Crippen LogP contribution in [0.5, 0.6) is 5.88 Å². The fourth-order valence-electron chi connectivity index (χ4n) is 1.90. The van der Waals surface area contributed by atoms with E-state index in [9.17, 15) is 0 Å². The highest BCUT2D eigenvalue weighted by molar-refractivity contribution is 5.01. The summed E-state index contributed by atoms with van der Waals surface area (Å²) < 4.78 is 2.04. The average Bonchev–Trinajstić information content (AvgIpc) is 2.54. The summed E-state index contributed by atoms with van der Waals surface area (Å²) >= 11 is 0. The van der Waals surface area contributed by atoms with E-state index in [1.807, 2.05) is 4.57 Å². The number of hydrogen-bond acceptors (Lipinski definition) is 2. The molecule has 0 aliphatic heterocycles. The zero-order chi connectivity index (χ0) is 8.39. The Bertz CT molecular complexity index is 251. The highest BCUT2D eigenvalue weighted by Crippen LogP contribution is 2.28. The molecular formula is C9H14N2O. The molecule has 0 spiro atoms.